The van der Waals surface area contributed by atoms with Gasteiger partial charge in [-0.05, 0) is 26.6 Å². The summed E-state index contributed by atoms with van der Waals surface area (Å²) in [5.74, 6) is 1.42. The van der Waals surface area contributed by atoms with Crippen LogP contribution < -0.4 is 0 Å². The summed E-state index contributed by atoms with van der Waals surface area (Å²) in [5.41, 5.74) is 0.990. The Kier molecular flexibility index (Phi) is 4.92. The minimum absolute atomic E-state index is 0.0757. The number of amides is 1. The fourth-order valence-electron chi connectivity index (χ4n) is 2.98. The molecule has 1 fully saturated rings. The molecular weight excluding hydrogens is 306 g/mol. The zero-order valence-electron chi connectivity index (χ0n) is 14.3. The third kappa shape index (κ3) is 3.47. The van der Waals surface area contributed by atoms with Crippen molar-refractivity contribution in [1.82, 2.24) is 25.0 Å². The number of carbonyl (C=O) groups excluding carboxylic acids is 1. The maximum absolute atomic E-state index is 13.1. The van der Waals surface area contributed by atoms with Crippen LogP contribution in [0.4, 0.5) is 0 Å². The van der Waals surface area contributed by atoms with Crippen molar-refractivity contribution in [3.05, 3.63) is 47.5 Å². The Balaban J connectivity index is 1.77. The Hall–Kier alpha value is -2.25. The number of aromatic amines is 1. The zero-order valence-corrected chi connectivity index (χ0v) is 14.3. The van der Waals surface area contributed by atoms with Crippen molar-refractivity contribution in [2.75, 3.05) is 33.8 Å². The van der Waals surface area contributed by atoms with Gasteiger partial charge in [-0.15, -0.1) is 0 Å². The second-order valence-corrected chi connectivity index (χ2v) is 6.20. The molecule has 0 bridgehead atoms. The largest absolute Gasteiger partial charge is 0.366 e. The van der Waals surface area contributed by atoms with Crippen LogP contribution in [0.25, 0.3) is 0 Å². The summed E-state index contributed by atoms with van der Waals surface area (Å²) in [7, 11) is 3.85. The van der Waals surface area contributed by atoms with Gasteiger partial charge in [0.1, 0.15) is 18.0 Å². The lowest BCUT2D eigenvalue weighted by Crippen LogP contribution is -2.47. The van der Waals surface area contributed by atoms with Crippen molar-refractivity contribution in [3.8, 4) is 0 Å². The highest BCUT2D eigenvalue weighted by atomic mass is 16.5. The minimum Gasteiger partial charge on any atom is -0.366 e. The van der Waals surface area contributed by atoms with E-state index in [1.165, 1.54) is 0 Å². The third-order valence-corrected chi connectivity index (χ3v) is 4.15. The van der Waals surface area contributed by atoms with Gasteiger partial charge in [0.25, 0.3) is 0 Å². The van der Waals surface area contributed by atoms with Gasteiger partial charge in [0.2, 0.25) is 5.91 Å². The van der Waals surface area contributed by atoms with Gasteiger partial charge in [-0.2, -0.15) is 5.10 Å². The van der Waals surface area contributed by atoms with Gasteiger partial charge in [0, 0.05) is 6.54 Å². The maximum atomic E-state index is 13.1. The molecule has 2 unspecified atom stereocenters. The molecular formula is C17H23N5O2. The molecule has 2 heterocycles. The molecule has 7 heteroatoms. The maximum Gasteiger partial charge on any atom is 0.244 e. The lowest BCUT2D eigenvalue weighted by molar-refractivity contribution is -0.144. The van der Waals surface area contributed by atoms with E-state index in [1.54, 1.807) is 0 Å². The number of aromatic nitrogens is 3. The summed E-state index contributed by atoms with van der Waals surface area (Å²) in [6.45, 7) is 3.38. The fourth-order valence-corrected chi connectivity index (χ4v) is 2.98. The molecule has 1 aromatic carbocycles. The molecule has 0 saturated carbocycles. The van der Waals surface area contributed by atoms with Crippen LogP contribution in [-0.2, 0) is 9.53 Å². The van der Waals surface area contributed by atoms with Crippen LogP contribution in [0, 0.1) is 6.92 Å². The lowest BCUT2D eigenvalue weighted by atomic mass is 10.0. The molecule has 1 saturated heterocycles. The molecule has 1 aliphatic rings. The van der Waals surface area contributed by atoms with Crippen molar-refractivity contribution in [2.24, 2.45) is 0 Å². The molecule has 24 heavy (non-hydrogen) atoms. The number of morpholine rings is 1. The normalized spacial score (nSPS) is 19.5. The number of nitrogens with zero attached hydrogens (tertiary/aromatic N) is 4. The van der Waals surface area contributed by atoms with E-state index in [2.05, 4.69) is 15.2 Å². The van der Waals surface area contributed by atoms with Gasteiger partial charge in [0.05, 0.1) is 13.2 Å². The van der Waals surface area contributed by atoms with Gasteiger partial charge in [0.15, 0.2) is 5.82 Å². The van der Waals surface area contributed by atoms with Crippen LogP contribution in [0.1, 0.15) is 29.4 Å². The van der Waals surface area contributed by atoms with Crippen molar-refractivity contribution in [2.45, 2.75) is 19.1 Å². The average Bonchev–Trinajstić information content (AvgIpc) is 3.02. The molecule has 0 spiro atoms. The highest BCUT2D eigenvalue weighted by Gasteiger charge is 2.33. The van der Waals surface area contributed by atoms with Crippen LogP contribution in [-0.4, -0.2) is 64.7 Å². The Morgan fingerprint density at radius 2 is 2.12 bits per heavy atom. The molecule has 1 N–H and O–H groups in total. The van der Waals surface area contributed by atoms with E-state index >= 15 is 0 Å². The van der Waals surface area contributed by atoms with E-state index in [0.29, 0.717) is 25.5 Å². The second-order valence-electron chi connectivity index (χ2n) is 6.20. The van der Waals surface area contributed by atoms with E-state index in [4.69, 9.17) is 4.74 Å². The van der Waals surface area contributed by atoms with E-state index in [1.807, 2.05) is 61.2 Å². The molecule has 1 aliphatic heterocycles. The first-order valence-electron chi connectivity index (χ1n) is 8.07. The number of likely N-dealkylation sites (N-methyl/N-ethyl adjacent to an activating group) is 1. The molecule has 128 valence electrons. The monoisotopic (exact) mass is 329 g/mol. The average molecular weight is 329 g/mol. The second kappa shape index (κ2) is 7.11. The standard InChI is InChI=1S/C17H23N5O2/c1-12-18-16(20-19-12)14-11-22(9-10-24-14)17(23)15(21(2)3)13-7-5-4-6-8-13/h4-8,14-15H,9-11H2,1-3H3,(H,18,19,20). The Morgan fingerprint density at radius 3 is 2.75 bits per heavy atom. The topological polar surface area (TPSA) is 74.3 Å². The number of H-pyrrole nitrogens is 1. The lowest BCUT2D eigenvalue weighted by Gasteiger charge is -2.35. The van der Waals surface area contributed by atoms with Crippen molar-refractivity contribution < 1.29 is 9.53 Å². The van der Waals surface area contributed by atoms with E-state index in [9.17, 15) is 4.79 Å². The summed E-state index contributed by atoms with van der Waals surface area (Å²) in [4.78, 5) is 21.2. The number of ether oxygens (including phenoxy) is 1. The summed E-state index contributed by atoms with van der Waals surface area (Å²) >= 11 is 0. The molecule has 1 aromatic heterocycles. The number of rotatable bonds is 4. The number of benzene rings is 1. The highest BCUT2D eigenvalue weighted by molar-refractivity contribution is 5.83. The van der Waals surface area contributed by atoms with Crippen LogP contribution in [0.3, 0.4) is 0 Å². The van der Waals surface area contributed by atoms with Crippen molar-refractivity contribution in [3.63, 3.8) is 0 Å². The number of carbonyl (C=O) groups is 1. The molecule has 0 aliphatic carbocycles. The summed E-state index contributed by atoms with van der Waals surface area (Å²) in [6.07, 6.45) is -0.286. The molecule has 2 aromatic rings. The molecule has 3 rings (SSSR count). The first kappa shape index (κ1) is 16.6. The third-order valence-electron chi connectivity index (χ3n) is 4.15. The van der Waals surface area contributed by atoms with Gasteiger partial charge >= 0.3 is 0 Å². The predicted molar refractivity (Wildman–Crippen MR) is 89.3 cm³/mol. The molecule has 7 nitrogen and oxygen atoms in total. The summed E-state index contributed by atoms with van der Waals surface area (Å²) < 4.78 is 5.75. The van der Waals surface area contributed by atoms with E-state index < -0.39 is 0 Å². The smallest absolute Gasteiger partial charge is 0.244 e. The van der Waals surface area contributed by atoms with Crippen LogP contribution in [0.15, 0.2) is 30.3 Å². The first-order chi connectivity index (χ1) is 11.6. The van der Waals surface area contributed by atoms with Crippen LogP contribution in [0.2, 0.25) is 0 Å². The number of hydrogen-bond donors (Lipinski definition) is 1. The number of nitrogens with one attached hydrogen (secondary N) is 1. The van der Waals surface area contributed by atoms with E-state index in [0.717, 1.165) is 11.4 Å². The Morgan fingerprint density at radius 1 is 1.38 bits per heavy atom. The van der Waals surface area contributed by atoms with Crippen LogP contribution >= 0.6 is 0 Å². The number of hydrogen-bond acceptors (Lipinski definition) is 5. The zero-order chi connectivity index (χ0) is 17.1. The first-order valence-corrected chi connectivity index (χ1v) is 8.07. The van der Waals surface area contributed by atoms with Gasteiger partial charge < -0.3 is 9.64 Å². The van der Waals surface area contributed by atoms with Gasteiger partial charge in [-0.1, -0.05) is 30.3 Å². The number of aryl methyl sites for hydroxylation is 1. The minimum atomic E-state index is -0.307. The SMILES string of the molecule is Cc1nc(C2CN(C(=O)C(c3ccccc3)N(C)C)CCO2)n[nH]1. The Bertz CT molecular complexity index is 685. The fraction of sp³-hybridized carbons (Fsp3) is 0.471. The predicted octanol–water partition coefficient (Wildman–Crippen LogP) is 1.32. The summed E-state index contributed by atoms with van der Waals surface area (Å²) in [5, 5.41) is 6.99. The van der Waals surface area contributed by atoms with Crippen LogP contribution in [0.5, 0.6) is 0 Å². The molecule has 1 amide bonds. The van der Waals surface area contributed by atoms with E-state index in [-0.39, 0.29) is 18.1 Å². The van der Waals surface area contributed by atoms with Gasteiger partial charge in [-0.3, -0.25) is 14.8 Å². The molecule has 0 radical (unpaired) electrons. The van der Waals surface area contributed by atoms with Gasteiger partial charge in [-0.25, -0.2) is 4.98 Å². The molecule has 2 atom stereocenters. The van der Waals surface area contributed by atoms with Crippen molar-refractivity contribution >= 4 is 5.91 Å². The van der Waals surface area contributed by atoms with Crippen molar-refractivity contribution in [1.29, 1.82) is 0 Å². The Labute approximate surface area is 141 Å². The highest BCUT2D eigenvalue weighted by Crippen LogP contribution is 2.25. The summed E-state index contributed by atoms with van der Waals surface area (Å²) in [6, 6.07) is 9.53. The quantitative estimate of drug-likeness (QED) is 0.915.